The lowest BCUT2D eigenvalue weighted by molar-refractivity contribution is -0.138. The summed E-state index contributed by atoms with van der Waals surface area (Å²) in [6, 6.07) is 1.79. The Morgan fingerprint density at radius 2 is 2.00 bits per heavy atom. The van der Waals surface area contributed by atoms with Gasteiger partial charge in [0.2, 0.25) is 0 Å². The van der Waals surface area contributed by atoms with E-state index in [-0.39, 0.29) is 9.32 Å². The number of ether oxygens (including phenoxy) is 1. The summed E-state index contributed by atoms with van der Waals surface area (Å²) in [4.78, 5) is 10.8. The summed E-state index contributed by atoms with van der Waals surface area (Å²) in [6.07, 6.45) is -4.58. The minimum Gasteiger partial charge on any atom is -0.496 e. The van der Waals surface area contributed by atoms with E-state index in [0.29, 0.717) is 0 Å². The van der Waals surface area contributed by atoms with Gasteiger partial charge in [0.05, 0.1) is 12.7 Å². The van der Waals surface area contributed by atoms with Crippen LogP contribution in [-0.2, 0) is 6.18 Å². The Hall–Kier alpha value is -0.990. The molecule has 0 aliphatic carbocycles. The van der Waals surface area contributed by atoms with Gasteiger partial charge in [0.1, 0.15) is 11.3 Å². The molecule has 1 aromatic rings. The number of methoxy groups -OCH3 is 1. The predicted octanol–water partition coefficient (Wildman–Crippen LogP) is 3.02. The molecule has 0 fully saturated rings. The number of carboxylic acid groups (broad SMARTS) is 1. The van der Waals surface area contributed by atoms with E-state index in [4.69, 9.17) is 9.84 Å². The molecule has 7 heteroatoms. The molecule has 0 spiro atoms. The van der Waals surface area contributed by atoms with Crippen molar-refractivity contribution in [3.05, 3.63) is 26.8 Å². The third kappa shape index (κ3) is 2.39. The summed E-state index contributed by atoms with van der Waals surface area (Å²) >= 11 is 1.35. The Balaban J connectivity index is 3.50. The van der Waals surface area contributed by atoms with Gasteiger partial charge < -0.3 is 9.84 Å². The van der Waals surface area contributed by atoms with Crippen molar-refractivity contribution in [2.75, 3.05) is 7.11 Å². The van der Waals surface area contributed by atoms with Crippen molar-refractivity contribution < 1.29 is 27.8 Å². The molecule has 0 bridgehead atoms. The fourth-order valence-electron chi connectivity index (χ4n) is 1.15. The van der Waals surface area contributed by atoms with Gasteiger partial charge in [-0.05, 0) is 34.7 Å². The maximum absolute atomic E-state index is 12.5. The summed E-state index contributed by atoms with van der Waals surface area (Å²) in [7, 11) is 1.20. The zero-order chi connectivity index (χ0) is 12.5. The Kier molecular flexibility index (Phi) is 3.66. The topological polar surface area (TPSA) is 46.5 Å². The quantitative estimate of drug-likeness (QED) is 0.838. The second-order valence-corrected chi connectivity index (χ2v) is 3.89. The number of alkyl halides is 3. The molecule has 0 saturated heterocycles. The molecule has 0 aliphatic heterocycles. The molecular weight excluding hydrogens is 340 g/mol. The van der Waals surface area contributed by atoms with Crippen molar-refractivity contribution >= 4 is 28.6 Å². The molecule has 0 aromatic heterocycles. The first-order valence-corrected chi connectivity index (χ1v) is 5.04. The highest BCUT2D eigenvalue weighted by Crippen LogP contribution is 2.37. The Morgan fingerprint density at radius 1 is 1.44 bits per heavy atom. The van der Waals surface area contributed by atoms with E-state index < -0.39 is 23.3 Å². The van der Waals surface area contributed by atoms with Gasteiger partial charge in [-0.1, -0.05) is 0 Å². The first-order chi connectivity index (χ1) is 7.29. The highest BCUT2D eigenvalue weighted by molar-refractivity contribution is 14.1. The number of hydrogen-bond donors (Lipinski definition) is 1. The Bertz CT molecular complexity index is 429. The van der Waals surface area contributed by atoms with Crippen LogP contribution in [0.3, 0.4) is 0 Å². The molecule has 1 rings (SSSR count). The summed E-state index contributed by atoms with van der Waals surface area (Å²) in [5.74, 6) is -1.54. The minimum atomic E-state index is -4.58. The lowest BCUT2D eigenvalue weighted by Gasteiger charge is -2.13. The molecule has 1 N–H and O–H groups in total. The zero-order valence-electron chi connectivity index (χ0n) is 7.93. The van der Waals surface area contributed by atoms with E-state index in [0.717, 1.165) is 12.1 Å². The van der Waals surface area contributed by atoms with Crippen molar-refractivity contribution in [2.24, 2.45) is 0 Å². The minimum absolute atomic E-state index is 0.0927. The van der Waals surface area contributed by atoms with Crippen molar-refractivity contribution in [3.8, 4) is 5.75 Å². The van der Waals surface area contributed by atoms with Gasteiger partial charge in [0.15, 0.2) is 0 Å². The van der Waals surface area contributed by atoms with Crippen LogP contribution in [0.1, 0.15) is 15.9 Å². The summed E-state index contributed by atoms with van der Waals surface area (Å²) in [5, 5.41) is 8.82. The first kappa shape index (κ1) is 13.1. The van der Waals surface area contributed by atoms with Crippen LogP contribution in [0.2, 0.25) is 0 Å². The summed E-state index contributed by atoms with van der Waals surface area (Å²) < 4.78 is 41.8. The van der Waals surface area contributed by atoms with Gasteiger partial charge in [-0.25, -0.2) is 4.79 Å². The second kappa shape index (κ2) is 4.48. The Morgan fingerprint density at radius 3 is 2.38 bits per heavy atom. The maximum Gasteiger partial charge on any atom is 0.417 e. The predicted molar refractivity (Wildman–Crippen MR) is 57.7 cm³/mol. The number of hydrogen-bond acceptors (Lipinski definition) is 2. The summed E-state index contributed by atoms with van der Waals surface area (Å²) in [5.41, 5.74) is -1.45. The Labute approximate surface area is 102 Å². The lowest BCUT2D eigenvalue weighted by Crippen LogP contribution is -2.12. The average molecular weight is 346 g/mol. The van der Waals surface area contributed by atoms with Crippen LogP contribution in [-0.4, -0.2) is 18.2 Å². The molecule has 0 unspecified atom stereocenters. The number of carbonyl (C=O) groups is 1. The van der Waals surface area contributed by atoms with E-state index in [1.165, 1.54) is 29.7 Å². The molecule has 0 aliphatic rings. The highest BCUT2D eigenvalue weighted by Gasteiger charge is 2.35. The maximum atomic E-state index is 12.5. The molecule has 88 valence electrons. The molecule has 0 saturated carbocycles. The van der Waals surface area contributed by atoms with Crippen molar-refractivity contribution in [1.29, 1.82) is 0 Å². The number of halogens is 4. The van der Waals surface area contributed by atoms with Gasteiger partial charge in [0, 0.05) is 3.57 Å². The number of benzene rings is 1. The van der Waals surface area contributed by atoms with Crippen LogP contribution >= 0.6 is 22.6 Å². The smallest absolute Gasteiger partial charge is 0.417 e. The van der Waals surface area contributed by atoms with Crippen LogP contribution < -0.4 is 4.74 Å². The van der Waals surface area contributed by atoms with E-state index in [9.17, 15) is 18.0 Å². The van der Waals surface area contributed by atoms with Crippen LogP contribution in [0.4, 0.5) is 13.2 Å². The standard InChI is InChI=1S/C9H6F3IO3/c1-16-5-3-2-4(9(10,11)12)7(13)6(5)8(14)15/h2-3H,1H3,(H,14,15). The van der Waals surface area contributed by atoms with Crippen molar-refractivity contribution in [1.82, 2.24) is 0 Å². The fraction of sp³-hybridized carbons (Fsp3) is 0.222. The third-order valence-electron chi connectivity index (χ3n) is 1.84. The molecule has 16 heavy (non-hydrogen) atoms. The van der Waals surface area contributed by atoms with Crippen LogP contribution in [0.5, 0.6) is 5.75 Å². The van der Waals surface area contributed by atoms with Gasteiger partial charge in [0.25, 0.3) is 0 Å². The zero-order valence-corrected chi connectivity index (χ0v) is 10.1. The van der Waals surface area contributed by atoms with Crippen LogP contribution in [0.25, 0.3) is 0 Å². The van der Waals surface area contributed by atoms with E-state index in [1.54, 1.807) is 0 Å². The first-order valence-electron chi connectivity index (χ1n) is 3.96. The monoisotopic (exact) mass is 346 g/mol. The van der Waals surface area contributed by atoms with Crippen molar-refractivity contribution in [3.63, 3.8) is 0 Å². The van der Waals surface area contributed by atoms with Gasteiger partial charge >= 0.3 is 12.1 Å². The second-order valence-electron chi connectivity index (χ2n) is 2.81. The van der Waals surface area contributed by atoms with Crippen molar-refractivity contribution in [2.45, 2.75) is 6.18 Å². The number of aromatic carboxylic acids is 1. The summed E-state index contributed by atoms with van der Waals surface area (Å²) in [6.45, 7) is 0. The molecule has 0 amide bonds. The van der Waals surface area contributed by atoms with E-state index in [2.05, 4.69) is 0 Å². The van der Waals surface area contributed by atoms with Gasteiger partial charge in [-0.15, -0.1) is 0 Å². The third-order valence-corrected chi connectivity index (χ3v) is 2.96. The van der Waals surface area contributed by atoms with Crippen LogP contribution in [0.15, 0.2) is 12.1 Å². The molecule has 0 radical (unpaired) electrons. The molecule has 0 heterocycles. The van der Waals surface area contributed by atoms with Gasteiger partial charge in [-0.3, -0.25) is 0 Å². The van der Waals surface area contributed by atoms with Gasteiger partial charge in [-0.2, -0.15) is 13.2 Å². The lowest BCUT2D eigenvalue weighted by atomic mass is 10.1. The highest BCUT2D eigenvalue weighted by atomic mass is 127. The number of carboxylic acids is 1. The molecule has 1 aromatic carbocycles. The number of rotatable bonds is 2. The SMILES string of the molecule is COc1ccc(C(F)(F)F)c(I)c1C(=O)O. The largest absolute Gasteiger partial charge is 0.496 e. The van der Waals surface area contributed by atoms with E-state index >= 15 is 0 Å². The molecular formula is C9H6F3IO3. The van der Waals surface area contributed by atoms with Crippen LogP contribution in [0, 0.1) is 3.57 Å². The normalized spacial score (nSPS) is 11.3. The molecule has 0 atom stereocenters. The van der Waals surface area contributed by atoms with E-state index in [1.807, 2.05) is 0 Å². The average Bonchev–Trinajstić information content (AvgIpc) is 2.14. The molecule has 3 nitrogen and oxygen atoms in total. The fourth-order valence-corrected chi connectivity index (χ4v) is 2.13.